The number of nitrogens with zero attached hydrogens (tertiary/aromatic N) is 2. The van der Waals surface area contributed by atoms with Crippen LogP contribution in [0.1, 0.15) is 24.1 Å². The van der Waals surface area contributed by atoms with E-state index in [9.17, 15) is 0 Å². The Morgan fingerprint density at radius 3 is 2.85 bits per heavy atom. The van der Waals surface area contributed by atoms with Gasteiger partial charge in [-0.1, -0.05) is 12.1 Å². The van der Waals surface area contributed by atoms with Crippen molar-refractivity contribution in [3.63, 3.8) is 0 Å². The first-order chi connectivity index (χ1) is 9.58. The number of fused-ring (bicyclic) bond motifs is 1. The number of ether oxygens (including phenoxy) is 1. The van der Waals surface area contributed by atoms with Crippen LogP contribution in [0.5, 0.6) is 0 Å². The van der Waals surface area contributed by atoms with Gasteiger partial charge in [0.25, 0.3) is 0 Å². The molecule has 1 aromatic carbocycles. The molecule has 0 saturated heterocycles. The first-order valence-electron chi connectivity index (χ1n) is 7.33. The van der Waals surface area contributed by atoms with Crippen LogP contribution in [0, 0.1) is 0 Å². The summed E-state index contributed by atoms with van der Waals surface area (Å²) in [6.07, 6.45) is 1.13. The Hall–Kier alpha value is -1.10. The molecule has 1 aromatic rings. The molecule has 0 aliphatic carbocycles. The van der Waals surface area contributed by atoms with Crippen molar-refractivity contribution in [3.8, 4) is 0 Å². The van der Waals surface area contributed by atoms with Gasteiger partial charge in [0, 0.05) is 45.0 Å². The van der Waals surface area contributed by atoms with Gasteiger partial charge in [-0.25, -0.2) is 0 Å². The SMILES string of the molecule is COCC(C)N(C)C(CN)c1ccc2c(c1)CCN2C. The van der Waals surface area contributed by atoms with Crippen molar-refractivity contribution in [2.75, 3.05) is 45.8 Å². The molecule has 2 unspecified atom stereocenters. The van der Waals surface area contributed by atoms with E-state index in [-0.39, 0.29) is 6.04 Å². The van der Waals surface area contributed by atoms with Gasteiger partial charge in [0.2, 0.25) is 0 Å². The summed E-state index contributed by atoms with van der Waals surface area (Å²) in [7, 11) is 6.02. The van der Waals surface area contributed by atoms with E-state index < -0.39 is 0 Å². The Kier molecular flexibility index (Phi) is 5.02. The average molecular weight is 277 g/mol. The largest absolute Gasteiger partial charge is 0.383 e. The summed E-state index contributed by atoms with van der Waals surface area (Å²) in [5.41, 5.74) is 10.1. The second-order valence-electron chi connectivity index (χ2n) is 5.78. The number of likely N-dealkylation sites (N-methyl/N-ethyl adjacent to an activating group) is 2. The molecule has 0 radical (unpaired) electrons. The predicted octanol–water partition coefficient (Wildman–Crippen LogP) is 1.65. The van der Waals surface area contributed by atoms with Gasteiger partial charge in [-0.3, -0.25) is 4.90 Å². The van der Waals surface area contributed by atoms with E-state index in [1.165, 1.54) is 16.8 Å². The molecule has 20 heavy (non-hydrogen) atoms. The Bertz CT molecular complexity index is 449. The van der Waals surface area contributed by atoms with Crippen molar-refractivity contribution in [2.45, 2.75) is 25.4 Å². The molecule has 1 aliphatic heterocycles. The first kappa shape index (κ1) is 15.3. The van der Waals surface area contributed by atoms with E-state index in [1.807, 2.05) is 0 Å². The van der Waals surface area contributed by atoms with Crippen molar-refractivity contribution >= 4 is 5.69 Å². The number of benzene rings is 1. The van der Waals surface area contributed by atoms with Crippen LogP contribution in [-0.4, -0.2) is 51.8 Å². The molecule has 0 saturated carbocycles. The summed E-state index contributed by atoms with van der Waals surface area (Å²) in [4.78, 5) is 4.62. The number of rotatable bonds is 6. The fraction of sp³-hybridized carbons (Fsp3) is 0.625. The number of methoxy groups -OCH3 is 1. The summed E-state index contributed by atoms with van der Waals surface area (Å²) in [5.74, 6) is 0. The van der Waals surface area contributed by atoms with Gasteiger partial charge in [0.05, 0.1) is 6.61 Å². The van der Waals surface area contributed by atoms with E-state index >= 15 is 0 Å². The molecule has 0 spiro atoms. The molecule has 4 nitrogen and oxygen atoms in total. The highest BCUT2D eigenvalue weighted by atomic mass is 16.5. The molecule has 1 aliphatic rings. The predicted molar refractivity (Wildman–Crippen MR) is 84.3 cm³/mol. The molecular formula is C16H27N3O. The lowest BCUT2D eigenvalue weighted by atomic mass is 10.0. The van der Waals surface area contributed by atoms with Crippen LogP contribution in [0.4, 0.5) is 5.69 Å². The van der Waals surface area contributed by atoms with Crippen LogP contribution < -0.4 is 10.6 Å². The third kappa shape index (κ3) is 2.97. The third-order valence-corrected chi connectivity index (χ3v) is 4.43. The van der Waals surface area contributed by atoms with E-state index in [2.05, 4.69) is 49.0 Å². The zero-order valence-electron chi connectivity index (χ0n) is 13.1. The molecule has 0 bridgehead atoms. The van der Waals surface area contributed by atoms with Crippen LogP contribution in [0.2, 0.25) is 0 Å². The molecule has 0 amide bonds. The van der Waals surface area contributed by atoms with E-state index in [4.69, 9.17) is 10.5 Å². The monoisotopic (exact) mass is 277 g/mol. The molecule has 0 fully saturated rings. The first-order valence-corrected chi connectivity index (χ1v) is 7.33. The van der Waals surface area contributed by atoms with Gasteiger partial charge >= 0.3 is 0 Å². The molecule has 4 heteroatoms. The zero-order chi connectivity index (χ0) is 14.7. The quantitative estimate of drug-likeness (QED) is 0.858. The summed E-state index contributed by atoms with van der Waals surface area (Å²) in [6, 6.07) is 7.37. The number of nitrogens with two attached hydrogens (primary N) is 1. The molecule has 2 atom stereocenters. The minimum absolute atomic E-state index is 0.247. The Morgan fingerprint density at radius 1 is 1.45 bits per heavy atom. The van der Waals surface area contributed by atoms with Crippen molar-refractivity contribution < 1.29 is 4.74 Å². The summed E-state index contributed by atoms with van der Waals surface area (Å²) in [6.45, 7) is 4.63. The molecule has 2 rings (SSSR count). The van der Waals surface area contributed by atoms with Crippen LogP contribution in [0.15, 0.2) is 18.2 Å². The maximum absolute atomic E-state index is 6.02. The van der Waals surface area contributed by atoms with Crippen molar-refractivity contribution in [2.24, 2.45) is 5.73 Å². The molecule has 0 aromatic heterocycles. The van der Waals surface area contributed by atoms with Crippen LogP contribution in [0.25, 0.3) is 0 Å². The van der Waals surface area contributed by atoms with Gasteiger partial charge in [-0.2, -0.15) is 0 Å². The van der Waals surface area contributed by atoms with Gasteiger partial charge < -0.3 is 15.4 Å². The lowest BCUT2D eigenvalue weighted by molar-refractivity contribution is 0.0910. The lowest BCUT2D eigenvalue weighted by Crippen LogP contribution is -2.39. The minimum Gasteiger partial charge on any atom is -0.383 e. The number of anilines is 1. The van der Waals surface area contributed by atoms with Crippen LogP contribution in [0.3, 0.4) is 0 Å². The highest BCUT2D eigenvalue weighted by Crippen LogP contribution is 2.31. The zero-order valence-corrected chi connectivity index (χ0v) is 13.1. The molecule has 1 heterocycles. The normalized spacial score (nSPS) is 17.4. The fourth-order valence-corrected chi connectivity index (χ4v) is 3.00. The third-order valence-electron chi connectivity index (χ3n) is 4.43. The van der Waals surface area contributed by atoms with Gasteiger partial charge in [0.15, 0.2) is 0 Å². The maximum Gasteiger partial charge on any atom is 0.0615 e. The standard InChI is InChI=1S/C16H27N3O/c1-12(11-20-4)19(3)16(10-17)13-5-6-15-14(9-13)7-8-18(15)2/h5-6,9,12,16H,7-8,10-11,17H2,1-4H3. The van der Waals surface area contributed by atoms with Crippen LogP contribution in [-0.2, 0) is 11.2 Å². The van der Waals surface area contributed by atoms with Crippen molar-refractivity contribution in [1.82, 2.24) is 4.90 Å². The highest BCUT2D eigenvalue weighted by molar-refractivity contribution is 5.58. The maximum atomic E-state index is 6.02. The Morgan fingerprint density at radius 2 is 2.20 bits per heavy atom. The van der Waals surface area contributed by atoms with E-state index in [0.717, 1.165) is 19.6 Å². The van der Waals surface area contributed by atoms with Gasteiger partial charge in [-0.05, 0) is 37.6 Å². The molecular weight excluding hydrogens is 250 g/mol. The minimum atomic E-state index is 0.247. The Labute approximate surface area is 122 Å². The second-order valence-corrected chi connectivity index (χ2v) is 5.78. The van der Waals surface area contributed by atoms with Gasteiger partial charge in [0.1, 0.15) is 0 Å². The summed E-state index contributed by atoms with van der Waals surface area (Å²) < 4.78 is 5.25. The van der Waals surface area contributed by atoms with Crippen LogP contribution >= 0.6 is 0 Å². The van der Waals surface area contributed by atoms with Gasteiger partial charge in [-0.15, -0.1) is 0 Å². The second kappa shape index (κ2) is 6.57. The van der Waals surface area contributed by atoms with E-state index in [1.54, 1.807) is 7.11 Å². The highest BCUT2D eigenvalue weighted by Gasteiger charge is 2.23. The summed E-state index contributed by atoms with van der Waals surface area (Å²) in [5, 5.41) is 0. The summed E-state index contributed by atoms with van der Waals surface area (Å²) >= 11 is 0. The van der Waals surface area contributed by atoms with Crippen molar-refractivity contribution in [1.29, 1.82) is 0 Å². The molecule has 112 valence electrons. The Balaban J connectivity index is 2.20. The number of hydrogen-bond donors (Lipinski definition) is 1. The van der Waals surface area contributed by atoms with E-state index in [0.29, 0.717) is 12.6 Å². The van der Waals surface area contributed by atoms with Crippen molar-refractivity contribution in [3.05, 3.63) is 29.3 Å². The lowest BCUT2D eigenvalue weighted by Gasteiger charge is -2.32. The fourth-order valence-electron chi connectivity index (χ4n) is 3.00. The topological polar surface area (TPSA) is 41.7 Å². The smallest absolute Gasteiger partial charge is 0.0615 e. The molecule has 2 N–H and O–H groups in total. The average Bonchev–Trinajstić information content (AvgIpc) is 2.81. The number of hydrogen-bond acceptors (Lipinski definition) is 4.